The first-order valence-corrected chi connectivity index (χ1v) is 16.4. The average molecular weight is 653 g/mol. The van der Waals surface area contributed by atoms with Crippen LogP contribution in [0, 0.1) is 0 Å². The van der Waals surface area contributed by atoms with E-state index in [2.05, 4.69) is 0 Å². The molecule has 8 heteroatoms. The lowest BCUT2D eigenvalue weighted by Crippen LogP contribution is -2.62. The third-order valence-corrected chi connectivity index (χ3v) is 8.28. The van der Waals surface area contributed by atoms with Crippen molar-refractivity contribution in [2.24, 2.45) is 0 Å². The molecule has 0 bridgehead atoms. The molecule has 0 radical (unpaired) electrons. The number of benzene rings is 4. The van der Waals surface area contributed by atoms with Crippen molar-refractivity contribution in [2.45, 2.75) is 63.4 Å². The summed E-state index contributed by atoms with van der Waals surface area (Å²) in [6.45, 7) is 2.80. The smallest absolute Gasteiger partial charge is 0.186 e. The molecule has 0 aromatic heterocycles. The summed E-state index contributed by atoms with van der Waals surface area (Å²) in [7, 11) is 1.61. The van der Waals surface area contributed by atoms with Gasteiger partial charge in [-0.1, -0.05) is 121 Å². The van der Waals surface area contributed by atoms with Crippen LogP contribution in [0.3, 0.4) is 0 Å². The Hall–Kier alpha value is -3.70. The summed E-state index contributed by atoms with van der Waals surface area (Å²) in [6, 6.07) is 40.3. The fourth-order valence-corrected chi connectivity index (χ4v) is 5.81. The molecule has 0 amide bonds. The molecule has 1 fully saturated rings. The molecule has 0 saturated carbocycles. The van der Waals surface area contributed by atoms with E-state index in [1.165, 1.54) is 0 Å². The van der Waals surface area contributed by atoms with Gasteiger partial charge >= 0.3 is 0 Å². The second-order valence-corrected chi connectivity index (χ2v) is 11.9. The minimum absolute atomic E-state index is 0.273. The van der Waals surface area contributed by atoms with Crippen LogP contribution < -0.4 is 0 Å². The highest BCUT2D eigenvalue weighted by molar-refractivity contribution is 5.17. The van der Waals surface area contributed by atoms with Gasteiger partial charge < -0.3 is 37.9 Å². The zero-order chi connectivity index (χ0) is 32.8. The van der Waals surface area contributed by atoms with Gasteiger partial charge in [0.05, 0.1) is 46.2 Å². The largest absolute Gasteiger partial charge is 0.374 e. The van der Waals surface area contributed by atoms with Gasteiger partial charge in [0.2, 0.25) is 0 Å². The van der Waals surface area contributed by atoms with E-state index >= 15 is 0 Å². The molecule has 4 aromatic carbocycles. The maximum absolute atomic E-state index is 6.69. The first-order chi connectivity index (χ1) is 23.7. The normalized spacial score (nSPS) is 24.0. The van der Waals surface area contributed by atoms with Gasteiger partial charge in [0, 0.05) is 7.11 Å². The molecule has 1 saturated heterocycles. The molecule has 0 N–H and O–H groups in total. The molecule has 48 heavy (non-hydrogen) atoms. The van der Waals surface area contributed by atoms with E-state index in [-0.39, 0.29) is 6.61 Å². The van der Waals surface area contributed by atoms with E-state index in [1.54, 1.807) is 7.11 Å². The van der Waals surface area contributed by atoms with Crippen molar-refractivity contribution in [3.05, 3.63) is 155 Å². The Bertz CT molecular complexity index is 1500. The first-order valence-electron chi connectivity index (χ1n) is 16.4. The first kappa shape index (κ1) is 34.2. The number of rotatable bonds is 17. The van der Waals surface area contributed by atoms with Crippen LogP contribution in [0.15, 0.2) is 133 Å². The topological polar surface area (TPSA) is 73.8 Å². The Morgan fingerprint density at radius 1 is 0.562 bits per heavy atom. The minimum Gasteiger partial charge on any atom is -0.374 e. The Balaban J connectivity index is 1.19. The molecule has 4 aromatic rings. The summed E-state index contributed by atoms with van der Waals surface area (Å²) >= 11 is 0. The fraction of sp³-hybridized carbons (Fsp3) is 0.350. The predicted octanol–water partition coefficient (Wildman–Crippen LogP) is 6.63. The van der Waals surface area contributed by atoms with Crippen LogP contribution in [-0.2, 0) is 64.3 Å². The SMILES string of the molecule is CO[C@@H]1O[C@H](COCc2ccccc2)[C@@H](OCc2ccccc2)[C@H](OCc2ccccc2)[C@H]1O[C@H]1C=C(COCc2ccccc2)CO1. The van der Waals surface area contributed by atoms with Crippen LogP contribution in [0.2, 0.25) is 0 Å². The summed E-state index contributed by atoms with van der Waals surface area (Å²) in [4.78, 5) is 0. The van der Waals surface area contributed by atoms with Crippen molar-refractivity contribution in [1.82, 2.24) is 0 Å². The summed E-state index contributed by atoms with van der Waals surface area (Å²) in [5, 5.41) is 0. The Kier molecular flexibility index (Phi) is 12.9. The number of hydrogen-bond acceptors (Lipinski definition) is 8. The van der Waals surface area contributed by atoms with E-state index in [1.807, 2.05) is 127 Å². The van der Waals surface area contributed by atoms with Crippen molar-refractivity contribution in [1.29, 1.82) is 0 Å². The van der Waals surface area contributed by atoms with Gasteiger partial charge in [0.25, 0.3) is 0 Å². The molecular formula is C40H44O8. The van der Waals surface area contributed by atoms with E-state index in [4.69, 9.17) is 37.9 Å². The van der Waals surface area contributed by atoms with E-state index in [9.17, 15) is 0 Å². The molecule has 2 aliphatic heterocycles. The van der Waals surface area contributed by atoms with Crippen LogP contribution in [0.5, 0.6) is 0 Å². The molecule has 0 spiro atoms. The van der Waals surface area contributed by atoms with E-state index in [0.717, 1.165) is 27.8 Å². The summed E-state index contributed by atoms with van der Waals surface area (Å²) in [6.07, 6.45) is -1.71. The van der Waals surface area contributed by atoms with Gasteiger partial charge in [-0.25, -0.2) is 0 Å². The predicted molar refractivity (Wildman–Crippen MR) is 181 cm³/mol. The average Bonchev–Trinajstić information content (AvgIpc) is 3.59. The lowest BCUT2D eigenvalue weighted by molar-refractivity contribution is -0.336. The standard InChI is InChI=1S/C40H44O8/c1-41-40-39(48-36-22-34(28-44-36)25-42-23-30-14-6-2-7-15-30)38(46-27-33-20-12-5-13-21-33)37(45-26-32-18-10-4-11-19-32)35(47-40)29-43-24-31-16-8-3-9-17-31/h2-22,35-40H,23-29H2,1H3/t35-,36+,37-,38+,39-,40-/m1/s1. The minimum atomic E-state index is -0.761. The van der Waals surface area contributed by atoms with Crippen molar-refractivity contribution in [2.75, 3.05) is 26.9 Å². The van der Waals surface area contributed by atoms with Crippen molar-refractivity contribution in [3.8, 4) is 0 Å². The van der Waals surface area contributed by atoms with Crippen molar-refractivity contribution < 1.29 is 37.9 Å². The number of hydrogen-bond donors (Lipinski definition) is 0. The van der Waals surface area contributed by atoms with Crippen molar-refractivity contribution in [3.63, 3.8) is 0 Å². The van der Waals surface area contributed by atoms with Gasteiger partial charge in [0.15, 0.2) is 12.6 Å². The van der Waals surface area contributed by atoms with Gasteiger partial charge in [-0.15, -0.1) is 0 Å². The summed E-state index contributed by atoms with van der Waals surface area (Å²) < 4.78 is 50.6. The van der Waals surface area contributed by atoms with Gasteiger partial charge in [-0.3, -0.25) is 0 Å². The Morgan fingerprint density at radius 3 is 1.60 bits per heavy atom. The summed E-state index contributed by atoms with van der Waals surface area (Å²) in [5.41, 5.74) is 5.27. The monoisotopic (exact) mass is 652 g/mol. The van der Waals surface area contributed by atoms with Crippen LogP contribution in [0.25, 0.3) is 0 Å². The molecule has 8 nitrogen and oxygen atoms in total. The van der Waals surface area contributed by atoms with Gasteiger partial charge in [-0.2, -0.15) is 0 Å². The summed E-state index contributed by atoms with van der Waals surface area (Å²) in [5.74, 6) is 0. The molecule has 0 aliphatic carbocycles. The van der Waals surface area contributed by atoms with Crippen molar-refractivity contribution >= 4 is 0 Å². The van der Waals surface area contributed by atoms with Crippen LogP contribution >= 0.6 is 0 Å². The number of ether oxygens (including phenoxy) is 8. The van der Waals surface area contributed by atoms with Crippen LogP contribution in [0.1, 0.15) is 22.3 Å². The maximum atomic E-state index is 6.69. The van der Waals surface area contributed by atoms with Crippen LogP contribution in [-0.4, -0.2) is 63.9 Å². The highest BCUT2D eigenvalue weighted by Crippen LogP contribution is 2.32. The molecule has 6 rings (SSSR count). The molecular weight excluding hydrogens is 608 g/mol. The second-order valence-electron chi connectivity index (χ2n) is 11.9. The molecule has 2 heterocycles. The van der Waals surface area contributed by atoms with Gasteiger partial charge in [0.1, 0.15) is 24.4 Å². The number of methoxy groups -OCH3 is 1. The van der Waals surface area contributed by atoms with E-state index in [0.29, 0.717) is 39.6 Å². The zero-order valence-corrected chi connectivity index (χ0v) is 27.3. The van der Waals surface area contributed by atoms with E-state index < -0.39 is 37.0 Å². The Labute approximate surface area is 283 Å². The highest BCUT2D eigenvalue weighted by atomic mass is 16.8. The third kappa shape index (κ3) is 9.92. The quantitative estimate of drug-likeness (QED) is 0.118. The molecule has 0 unspecified atom stereocenters. The second kappa shape index (κ2) is 18.2. The maximum Gasteiger partial charge on any atom is 0.186 e. The molecule has 2 aliphatic rings. The van der Waals surface area contributed by atoms with Gasteiger partial charge in [-0.05, 0) is 33.9 Å². The lowest BCUT2D eigenvalue weighted by atomic mass is 9.98. The molecule has 6 atom stereocenters. The lowest BCUT2D eigenvalue weighted by Gasteiger charge is -2.46. The highest BCUT2D eigenvalue weighted by Gasteiger charge is 2.49. The Morgan fingerprint density at radius 2 is 1.06 bits per heavy atom. The molecule has 252 valence electrons. The zero-order valence-electron chi connectivity index (χ0n) is 27.3. The third-order valence-electron chi connectivity index (χ3n) is 8.28. The fourth-order valence-electron chi connectivity index (χ4n) is 5.81. The van der Waals surface area contributed by atoms with Crippen LogP contribution in [0.4, 0.5) is 0 Å².